The van der Waals surface area contributed by atoms with E-state index in [4.69, 9.17) is 0 Å². The van der Waals surface area contributed by atoms with E-state index >= 15 is 0 Å². The monoisotopic (exact) mass is 207 g/mol. The zero-order valence-electron chi connectivity index (χ0n) is 8.09. The summed E-state index contributed by atoms with van der Waals surface area (Å²) in [4.78, 5) is 0. The summed E-state index contributed by atoms with van der Waals surface area (Å²) in [6, 6.07) is 0. The summed E-state index contributed by atoms with van der Waals surface area (Å²) in [6.45, 7) is 1.92. The SMILES string of the molecule is CCCCn1cc[n+](CC(F)(F)F)c1. The molecule has 0 aromatic carbocycles. The first-order valence-corrected chi connectivity index (χ1v) is 4.63. The van der Waals surface area contributed by atoms with E-state index < -0.39 is 12.7 Å². The molecule has 5 heteroatoms. The number of alkyl halides is 3. The molecule has 0 saturated heterocycles. The minimum absolute atomic E-state index is 0.779. The van der Waals surface area contributed by atoms with Crippen LogP contribution in [0.1, 0.15) is 19.8 Å². The van der Waals surface area contributed by atoms with Crippen LogP contribution in [0.3, 0.4) is 0 Å². The van der Waals surface area contributed by atoms with Crippen molar-refractivity contribution in [3.63, 3.8) is 0 Å². The van der Waals surface area contributed by atoms with Gasteiger partial charge in [-0.15, -0.1) is 0 Å². The third-order valence-corrected chi connectivity index (χ3v) is 1.88. The average Bonchev–Trinajstić information content (AvgIpc) is 2.46. The van der Waals surface area contributed by atoms with E-state index in [0.29, 0.717) is 0 Å². The van der Waals surface area contributed by atoms with Crippen LogP contribution in [0.2, 0.25) is 0 Å². The molecule has 0 aliphatic rings. The minimum atomic E-state index is -4.14. The smallest absolute Gasteiger partial charge is 0.237 e. The van der Waals surface area contributed by atoms with Gasteiger partial charge in [-0.2, -0.15) is 13.2 Å². The van der Waals surface area contributed by atoms with Gasteiger partial charge in [0.25, 0.3) is 0 Å². The molecular weight excluding hydrogens is 193 g/mol. The summed E-state index contributed by atoms with van der Waals surface area (Å²) in [6.07, 6.45) is 2.49. The van der Waals surface area contributed by atoms with Crippen LogP contribution in [0.4, 0.5) is 13.2 Å². The van der Waals surface area contributed by atoms with Crippen LogP contribution in [0.25, 0.3) is 0 Å². The molecule has 14 heavy (non-hydrogen) atoms. The Morgan fingerprint density at radius 1 is 1.36 bits per heavy atom. The number of aryl methyl sites for hydroxylation is 1. The Kier molecular flexibility index (Phi) is 3.55. The number of hydrogen-bond acceptors (Lipinski definition) is 0. The highest BCUT2D eigenvalue weighted by atomic mass is 19.4. The first-order chi connectivity index (χ1) is 6.51. The van der Waals surface area contributed by atoms with Crippen molar-refractivity contribution in [1.82, 2.24) is 4.57 Å². The summed E-state index contributed by atoms with van der Waals surface area (Å²) in [5, 5.41) is 0. The van der Waals surface area contributed by atoms with Gasteiger partial charge in [0.15, 0.2) is 6.54 Å². The van der Waals surface area contributed by atoms with E-state index in [-0.39, 0.29) is 0 Å². The van der Waals surface area contributed by atoms with E-state index in [2.05, 4.69) is 0 Å². The second-order valence-electron chi connectivity index (χ2n) is 3.29. The number of halogens is 3. The Bertz CT molecular complexity index is 278. The topological polar surface area (TPSA) is 8.81 Å². The lowest BCUT2D eigenvalue weighted by molar-refractivity contribution is -0.718. The lowest BCUT2D eigenvalue weighted by Crippen LogP contribution is -2.39. The van der Waals surface area contributed by atoms with Crippen LogP contribution >= 0.6 is 0 Å². The third kappa shape index (κ3) is 3.81. The Morgan fingerprint density at radius 3 is 2.64 bits per heavy atom. The molecule has 0 amide bonds. The van der Waals surface area contributed by atoms with Crippen molar-refractivity contribution in [2.75, 3.05) is 0 Å². The van der Waals surface area contributed by atoms with E-state index in [1.807, 2.05) is 6.92 Å². The van der Waals surface area contributed by atoms with Crippen LogP contribution in [0.5, 0.6) is 0 Å². The Labute approximate surface area is 81.0 Å². The second-order valence-corrected chi connectivity index (χ2v) is 3.29. The fraction of sp³-hybridized carbons (Fsp3) is 0.667. The first kappa shape index (κ1) is 11.1. The molecule has 80 valence electrons. The summed E-state index contributed by atoms with van der Waals surface area (Å²) < 4.78 is 38.8. The molecule has 1 rings (SSSR count). The first-order valence-electron chi connectivity index (χ1n) is 4.63. The van der Waals surface area contributed by atoms with Crippen molar-refractivity contribution in [2.45, 2.75) is 39.0 Å². The number of hydrogen-bond donors (Lipinski definition) is 0. The molecular formula is C9H14F3N2+. The number of aromatic nitrogens is 2. The molecule has 0 fully saturated rings. The highest BCUT2D eigenvalue weighted by molar-refractivity contribution is 4.66. The fourth-order valence-electron chi connectivity index (χ4n) is 1.21. The summed E-state index contributed by atoms with van der Waals surface area (Å²) >= 11 is 0. The molecule has 0 unspecified atom stereocenters. The molecule has 1 heterocycles. The van der Waals surface area contributed by atoms with Gasteiger partial charge in [-0.05, 0) is 6.42 Å². The normalized spacial score (nSPS) is 12.0. The second kappa shape index (κ2) is 4.48. The van der Waals surface area contributed by atoms with Gasteiger partial charge >= 0.3 is 6.18 Å². The number of unbranched alkanes of at least 4 members (excludes halogenated alkanes) is 1. The molecule has 2 nitrogen and oxygen atoms in total. The number of rotatable bonds is 4. The van der Waals surface area contributed by atoms with Gasteiger partial charge in [0, 0.05) is 0 Å². The summed E-state index contributed by atoms with van der Waals surface area (Å²) in [5.74, 6) is 0. The molecule has 0 atom stereocenters. The van der Waals surface area contributed by atoms with Gasteiger partial charge in [0.05, 0.1) is 6.54 Å². The summed E-state index contributed by atoms with van der Waals surface area (Å²) in [5.41, 5.74) is 0. The van der Waals surface area contributed by atoms with E-state index in [9.17, 15) is 13.2 Å². The fourth-order valence-corrected chi connectivity index (χ4v) is 1.21. The van der Waals surface area contributed by atoms with Crippen LogP contribution in [-0.2, 0) is 13.1 Å². The number of imidazole rings is 1. The maximum absolute atomic E-state index is 12.0. The zero-order chi connectivity index (χ0) is 10.6. The highest BCUT2D eigenvalue weighted by Crippen LogP contribution is 2.13. The Hall–Kier alpha value is -1.00. The van der Waals surface area contributed by atoms with Gasteiger partial charge in [0.2, 0.25) is 6.33 Å². The van der Waals surface area contributed by atoms with E-state index in [1.54, 1.807) is 10.8 Å². The highest BCUT2D eigenvalue weighted by Gasteiger charge is 2.30. The van der Waals surface area contributed by atoms with E-state index in [1.165, 1.54) is 12.5 Å². The molecule has 0 bridgehead atoms. The quantitative estimate of drug-likeness (QED) is 0.669. The molecule has 0 radical (unpaired) electrons. The molecule has 1 aromatic rings. The lowest BCUT2D eigenvalue weighted by atomic mass is 10.3. The number of nitrogens with zero attached hydrogens (tertiary/aromatic N) is 2. The predicted octanol–water partition coefficient (Wildman–Crippen LogP) is 2.14. The lowest BCUT2D eigenvalue weighted by Gasteiger charge is -2.01. The van der Waals surface area contributed by atoms with Gasteiger partial charge in [-0.3, -0.25) is 0 Å². The van der Waals surface area contributed by atoms with Crippen molar-refractivity contribution in [3.8, 4) is 0 Å². The van der Waals surface area contributed by atoms with Crippen molar-refractivity contribution in [3.05, 3.63) is 18.7 Å². The van der Waals surface area contributed by atoms with Crippen molar-refractivity contribution >= 4 is 0 Å². The average molecular weight is 207 g/mol. The molecule has 0 aliphatic carbocycles. The standard InChI is InChI=1S/C9H14F3N2/c1-2-3-4-13-5-6-14(8-13)7-9(10,11)12/h5-6,8H,2-4,7H2,1H3/q+1. The maximum Gasteiger partial charge on any atom is 0.426 e. The molecule has 0 aliphatic heterocycles. The Balaban J connectivity index is 2.51. The molecule has 0 N–H and O–H groups in total. The molecule has 0 saturated carbocycles. The van der Waals surface area contributed by atoms with Crippen molar-refractivity contribution in [1.29, 1.82) is 0 Å². The molecule has 1 aromatic heterocycles. The molecule has 0 spiro atoms. The third-order valence-electron chi connectivity index (χ3n) is 1.88. The van der Waals surface area contributed by atoms with Crippen LogP contribution in [-0.4, -0.2) is 10.7 Å². The Morgan fingerprint density at radius 2 is 2.07 bits per heavy atom. The largest absolute Gasteiger partial charge is 0.426 e. The van der Waals surface area contributed by atoms with Crippen molar-refractivity contribution < 1.29 is 17.7 Å². The van der Waals surface area contributed by atoms with Gasteiger partial charge in [-0.25, -0.2) is 9.13 Å². The summed E-state index contributed by atoms with van der Waals surface area (Å²) in [7, 11) is 0. The van der Waals surface area contributed by atoms with Gasteiger partial charge < -0.3 is 0 Å². The van der Waals surface area contributed by atoms with Crippen LogP contribution < -0.4 is 4.57 Å². The zero-order valence-corrected chi connectivity index (χ0v) is 8.09. The van der Waals surface area contributed by atoms with Crippen LogP contribution in [0.15, 0.2) is 18.7 Å². The maximum atomic E-state index is 12.0. The van der Waals surface area contributed by atoms with E-state index in [0.717, 1.165) is 24.0 Å². The minimum Gasteiger partial charge on any atom is -0.237 e. The van der Waals surface area contributed by atoms with Gasteiger partial charge in [-0.1, -0.05) is 13.3 Å². The van der Waals surface area contributed by atoms with Gasteiger partial charge in [0.1, 0.15) is 12.4 Å². The van der Waals surface area contributed by atoms with Crippen LogP contribution in [0, 0.1) is 0 Å². The van der Waals surface area contributed by atoms with Crippen molar-refractivity contribution in [2.24, 2.45) is 0 Å². The predicted molar refractivity (Wildman–Crippen MR) is 45.6 cm³/mol.